The molecule has 27 heavy (non-hydrogen) atoms. The van der Waals surface area contributed by atoms with Crippen LogP contribution in [-0.4, -0.2) is 23.5 Å². The standard InChI is InChI=1S/C23H27N3O/c1-17-13-19-9-5-6-10-22(19)26(17)21-14-20(15-24-16-21)23(27)25-12-11-18-7-3-2-4-8-18/h5-7,9-10,14-17H,2-4,8,11-13H2,1H3,(H,25,27). The molecule has 2 aliphatic rings. The van der Waals surface area contributed by atoms with E-state index in [4.69, 9.17) is 0 Å². The highest BCUT2D eigenvalue weighted by atomic mass is 16.1. The molecule has 1 N–H and O–H groups in total. The smallest absolute Gasteiger partial charge is 0.252 e. The Hall–Kier alpha value is -2.62. The summed E-state index contributed by atoms with van der Waals surface area (Å²) in [7, 11) is 0. The van der Waals surface area contributed by atoms with Gasteiger partial charge in [0.15, 0.2) is 0 Å². The summed E-state index contributed by atoms with van der Waals surface area (Å²) >= 11 is 0. The monoisotopic (exact) mass is 361 g/mol. The van der Waals surface area contributed by atoms with Crippen molar-refractivity contribution in [1.82, 2.24) is 10.3 Å². The van der Waals surface area contributed by atoms with Gasteiger partial charge in [0.2, 0.25) is 0 Å². The summed E-state index contributed by atoms with van der Waals surface area (Å²) in [4.78, 5) is 19.2. The number of hydrogen-bond acceptors (Lipinski definition) is 3. The van der Waals surface area contributed by atoms with Crippen molar-refractivity contribution in [1.29, 1.82) is 0 Å². The minimum Gasteiger partial charge on any atom is -0.352 e. The van der Waals surface area contributed by atoms with Crippen molar-refractivity contribution in [2.24, 2.45) is 0 Å². The van der Waals surface area contributed by atoms with E-state index >= 15 is 0 Å². The lowest BCUT2D eigenvalue weighted by molar-refractivity contribution is 0.0953. The lowest BCUT2D eigenvalue weighted by Gasteiger charge is -2.25. The molecule has 1 atom stereocenters. The zero-order chi connectivity index (χ0) is 18.6. The molecule has 1 aromatic heterocycles. The number of carbonyl (C=O) groups excluding carboxylic acids is 1. The predicted molar refractivity (Wildman–Crippen MR) is 109 cm³/mol. The molecule has 0 saturated carbocycles. The summed E-state index contributed by atoms with van der Waals surface area (Å²) in [5.41, 5.74) is 5.65. The second kappa shape index (κ2) is 7.95. The van der Waals surface area contributed by atoms with E-state index in [0.717, 1.165) is 18.5 Å². The van der Waals surface area contributed by atoms with Crippen LogP contribution in [0, 0.1) is 0 Å². The fourth-order valence-electron chi connectivity index (χ4n) is 4.21. The van der Waals surface area contributed by atoms with Gasteiger partial charge in [-0.15, -0.1) is 0 Å². The van der Waals surface area contributed by atoms with Crippen LogP contribution in [-0.2, 0) is 6.42 Å². The number of carbonyl (C=O) groups is 1. The second-order valence-electron chi connectivity index (χ2n) is 7.60. The molecule has 0 saturated heterocycles. The van der Waals surface area contributed by atoms with Crippen LogP contribution in [0.2, 0.25) is 0 Å². The minimum atomic E-state index is -0.0408. The van der Waals surface area contributed by atoms with E-state index in [2.05, 4.69) is 52.5 Å². The largest absolute Gasteiger partial charge is 0.352 e. The third-order valence-corrected chi connectivity index (χ3v) is 5.59. The van der Waals surface area contributed by atoms with Gasteiger partial charge in [-0.25, -0.2) is 0 Å². The van der Waals surface area contributed by atoms with Gasteiger partial charge in [0.05, 0.1) is 17.4 Å². The van der Waals surface area contributed by atoms with E-state index < -0.39 is 0 Å². The molecule has 2 heterocycles. The summed E-state index contributed by atoms with van der Waals surface area (Å²) in [6.07, 6.45) is 12.8. The van der Waals surface area contributed by atoms with Crippen molar-refractivity contribution in [3.05, 3.63) is 65.5 Å². The Kier molecular flexibility index (Phi) is 5.23. The first-order chi connectivity index (χ1) is 13.2. The van der Waals surface area contributed by atoms with Crippen LogP contribution < -0.4 is 10.2 Å². The normalized spacial score (nSPS) is 18.8. The van der Waals surface area contributed by atoms with Gasteiger partial charge in [-0.05, 0) is 63.1 Å². The van der Waals surface area contributed by atoms with Crippen molar-refractivity contribution < 1.29 is 4.79 Å². The third-order valence-electron chi connectivity index (χ3n) is 5.59. The molecule has 4 heteroatoms. The molecule has 1 amide bonds. The van der Waals surface area contributed by atoms with Crippen LogP contribution in [0.4, 0.5) is 11.4 Å². The van der Waals surface area contributed by atoms with E-state index in [1.54, 1.807) is 6.20 Å². The Morgan fingerprint density at radius 3 is 3.00 bits per heavy atom. The number of pyridine rings is 1. The highest BCUT2D eigenvalue weighted by Crippen LogP contribution is 2.37. The number of benzene rings is 1. The number of aromatic nitrogens is 1. The highest BCUT2D eigenvalue weighted by Gasteiger charge is 2.27. The van der Waals surface area contributed by atoms with Gasteiger partial charge in [0.25, 0.3) is 5.91 Å². The molecule has 2 aromatic rings. The molecule has 1 unspecified atom stereocenters. The van der Waals surface area contributed by atoms with Gasteiger partial charge in [-0.3, -0.25) is 9.78 Å². The Morgan fingerprint density at radius 1 is 1.26 bits per heavy atom. The van der Waals surface area contributed by atoms with Gasteiger partial charge < -0.3 is 10.2 Å². The van der Waals surface area contributed by atoms with Gasteiger partial charge >= 0.3 is 0 Å². The second-order valence-corrected chi connectivity index (χ2v) is 7.60. The molecule has 140 valence electrons. The molecule has 1 aromatic carbocycles. The quantitative estimate of drug-likeness (QED) is 0.779. The fraction of sp³-hybridized carbons (Fsp3) is 0.391. The van der Waals surface area contributed by atoms with Crippen LogP contribution in [0.3, 0.4) is 0 Å². The molecule has 4 nitrogen and oxygen atoms in total. The minimum absolute atomic E-state index is 0.0408. The van der Waals surface area contributed by atoms with Gasteiger partial charge in [-0.2, -0.15) is 0 Å². The Labute approximate surface area is 161 Å². The number of nitrogens with one attached hydrogen (secondary N) is 1. The number of amides is 1. The first kappa shape index (κ1) is 17.8. The number of anilines is 2. The average molecular weight is 361 g/mol. The Morgan fingerprint density at radius 2 is 2.15 bits per heavy atom. The number of rotatable bonds is 5. The zero-order valence-corrected chi connectivity index (χ0v) is 15.9. The highest BCUT2D eigenvalue weighted by molar-refractivity contribution is 5.95. The first-order valence-electron chi connectivity index (χ1n) is 10.0. The molecular formula is C23H27N3O. The van der Waals surface area contributed by atoms with E-state index in [1.165, 1.54) is 42.5 Å². The van der Waals surface area contributed by atoms with Crippen molar-refractivity contribution >= 4 is 17.3 Å². The lowest BCUT2D eigenvalue weighted by atomic mass is 9.97. The maximum Gasteiger partial charge on any atom is 0.252 e. The third kappa shape index (κ3) is 3.90. The van der Waals surface area contributed by atoms with Crippen molar-refractivity contribution in [2.45, 2.75) is 51.5 Å². The molecule has 1 aliphatic heterocycles. The fourth-order valence-corrected chi connectivity index (χ4v) is 4.21. The maximum atomic E-state index is 12.6. The molecular weight excluding hydrogens is 334 g/mol. The van der Waals surface area contributed by atoms with Crippen LogP contribution in [0.25, 0.3) is 0 Å². The van der Waals surface area contributed by atoms with E-state index in [1.807, 2.05) is 12.3 Å². The van der Waals surface area contributed by atoms with Gasteiger partial charge in [0.1, 0.15) is 0 Å². The molecule has 0 fully saturated rings. The molecule has 4 rings (SSSR count). The number of fused-ring (bicyclic) bond motifs is 1. The molecule has 0 radical (unpaired) electrons. The SMILES string of the molecule is CC1Cc2ccccc2N1c1cncc(C(=O)NCCC2=CCCCC2)c1. The summed E-state index contributed by atoms with van der Waals surface area (Å²) in [5, 5.41) is 3.06. The Balaban J connectivity index is 1.44. The van der Waals surface area contributed by atoms with Crippen LogP contribution in [0.5, 0.6) is 0 Å². The lowest BCUT2D eigenvalue weighted by Crippen LogP contribution is -2.27. The maximum absolute atomic E-state index is 12.6. The number of nitrogens with zero attached hydrogens (tertiary/aromatic N) is 2. The van der Waals surface area contributed by atoms with Crippen molar-refractivity contribution in [3.8, 4) is 0 Å². The van der Waals surface area contributed by atoms with Crippen LogP contribution in [0.1, 0.15) is 54.9 Å². The van der Waals surface area contributed by atoms with E-state index in [-0.39, 0.29) is 5.91 Å². The summed E-state index contributed by atoms with van der Waals surface area (Å²) in [5.74, 6) is -0.0408. The first-order valence-corrected chi connectivity index (χ1v) is 10.0. The number of allylic oxidation sites excluding steroid dienone is 1. The number of para-hydroxylation sites is 1. The molecule has 1 aliphatic carbocycles. The summed E-state index contributed by atoms with van der Waals surface area (Å²) < 4.78 is 0. The zero-order valence-electron chi connectivity index (χ0n) is 15.9. The Bertz CT molecular complexity index is 858. The molecule has 0 bridgehead atoms. The van der Waals surface area contributed by atoms with E-state index in [0.29, 0.717) is 18.2 Å². The summed E-state index contributed by atoms with van der Waals surface area (Å²) in [6.45, 7) is 2.91. The number of hydrogen-bond donors (Lipinski definition) is 1. The van der Waals surface area contributed by atoms with Gasteiger partial charge in [-0.1, -0.05) is 29.8 Å². The van der Waals surface area contributed by atoms with Crippen molar-refractivity contribution in [2.75, 3.05) is 11.4 Å². The topological polar surface area (TPSA) is 45.2 Å². The van der Waals surface area contributed by atoms with E-state index in [9.17, 15) is 4.79 Å². The van der Waals surface area contributed by atoms with Crippen LogP contribution in [0.15, 0.2) is 54.4 Å². The van der Waals surface area contributed by atoms with Gasteiger partial charge in [0, 0.05) is 24.5 Å². The summed E-state index contributed by atoms with van der Waals surface area (Å²) in [6, 6.07) is 10.8. The molecule has 0 spiro atoms. The predicted octanol–water partition coefficient (Wildman–Crippen LogP) is 4.78. The van der Waals surface area contributed by atoms with Crippen molar-refractivity contribution in [3.63, 3.8) is 0 Å². The average Bonchev–Trinajstić information content (AvgIpc) is 3.04. The van der Waals surface area contributed by atoms with Crippen LogP contribution >= 0.6 is 0 Å².